The van der Waals surface area contributed by atoms with E-state index >= 15 is 0 Å². The molecule has 0 saturated carbocycles. The third-order valence-corrected chi connectivity index (χ3v) is 0.933. The van der Waals surface area contributed by atoms with Crippen molar-refractivity contribution >= 4 is 6.21 Å². The maximum atomic E-state index is 8.01. The second-order valence-electron chi connectivity index (χ2n) is 1.53. The lowest BCUT2D eigenvalue weighted by molar-refractivity contribution is -0.284. The predicted octanol–water partition coefficient (Wildman–Crippen LogP) is -0.176. The summed E-state index contributed by atoms with van der Waals surface area (Å²) < 4.78 is 0. The molecule has 1 rings (SSSR count). The van der Waals surface area contributed by atoms with Crippen LogP contribution in [0.3, 0.4) is 0 Å². The van der Waals surface area contributed by atoms with E-state index in [1.54, 1.807) is 6.21 Å². The Bertz CT molecular complexity index is 94.0. The van der Waals surface area contributed by atoms with Gasteiger partial charge in [-0.3, -0.25) is 5.32 Å². The summed E-state index contributed by atoms with van der Waals surface area (Å²) in [6.07, 6.45) is 2.08. The van der Waals surface area contributed by atoms with Crippen LogP contribution in [0.4, 0.5) is 0 Å². The highest BCUT2D eigenvalue weighted by Crippen LogP contribution is 1.90. The normalized spacial score (nSPS) is 28.4. The number of hydrogen-bond donors (Lipinski definition) is 2. The first-order valence-electron chi connectivity index (χ1n) is 2.49. The van der Waals surface area contributed by atoms with Gasteiger partial charge in [-0.05, 0) is 6.42 Å². The van der Waals surface area contributed by atoms with Crippen molar-refractivity contribution in [3.05, 3.63) is 0 Å². The van der Waals surface area contributed by atoms with Gasteiger partial charge in [-0.15, -0.1) is 0 Å². The molecule has 1 aliphatic heterocycles. The van der Waals surface area contributed by atoms with Crippen LogP contribution in [-0.2, 0) is 4.89 Å². The Balaban J connectivity index is 2.32. The SMILES string of the molecule is OOC1N=CCCN1. The molecule has 0 aromatic carbocycles. The highest BCUT2D eigenvalue weighted by atomic mass is 17.1. The van der Waals surface area contributed by atoms with Crippen LogP contribution < -0.4 is 5.32 Å². The van der Waals surface area contributed by atoms with Gasteiger partial charge >= 0.3 is 0 Å². The second-order valence-corrected chi connectivity index (χ2v) is 1.53. The molecule has 0 amide bonds. The van der Waals surface area contributed by atoms with E-state index in [2.05, 4.69) is 15.2 Å². The molecule has 0 aromatic rings. The van der Waals surface area contributed by atoms with E-state index in [-0.39, 0.29) is 0 Å². The maximum absolute atomic E-state index is 8.01. The van der Waals surface area contributed by atoms with Crippen molar-refractivity contribution in [2.24, 2.45) is 4.99 Å². The monoisotopic (exact) mass is 116 g/mol. The Hall–Kier alpha value is -0.450. The third kappa shape index (κ3) is 1.26. The fourth-order valence-electron chi connectivity index (χ4n) is 0.559. The molecule has 0 spiro atoms. The summed E-state index contributed by atoms with van der Waals surface area (Å²) in [6, 6.07) is 0. The molecule has 0 aromatic heterocycles. The van der Waals surface area contributed by atoms with Gasteiger partial charge in [0.25, 0.3) is 0 Å². The zero-order chi connectivity index (χ0) is 5.82. The summed E-state index contributed by atoms with van der Waals surface area (Å²) in [6.45, 7) is 0.814. The minimum atomic E-state index is -0.538. The zero-order valence-corrected chi connectivity index (χ0v) is 4.37. The highest BCUT2D eigenvalue weighted by Gasteiger charge is 2.05. The van der Waals surface area contributed by atoms with E-state index in [9.17, 15) is 0 Å². The lowest BCUT2D eigenvalue weighted by Gasteiger charge is -2.12. The van der Waals surface area contributed by atoms with Gasteiger partial charge in [0.05, 0.1) is 0 Å². The van der Waals surface area contributed by atoms with Crippen molar-refractivity contribution in [1.82, 2.24) is 5.32 Å². The third-order valence-electron chi connectivity index (χ3n) is 0.933. The lowest BCUT2D eigenvalue weighted by Crippen LogP contribution is -2.33. The van der Waals surface area contributed by atoms with Crippen LogP contribution in [-0.4, -0.2) is 24.4 Å². The van der Waals surface area contributed by atoms with E-state index in [4.69, 9.17) is 5.26 Å². The van der Waals surface area contributed by atoms with E-state index in [1.165, 1.54) is 0 Å². The number of rotatable bonds is 1. The van der Waals surface area contributed by atoms with Gasteiger partial charge in [0.15, 0.2) is 0 Å². The van der Waals surface area contributed by atoms with Gasteiger partial charge in [0, 0.05) is 12.8 Å². The molecule has 1 heterocycles. The molecule has 46 valence electrons. The van der Waals surface area contributed by atoms with Crippen LogP contribution in [0.25, 0.3) is 0 Å². The maximum Gasteiger partial charge on any atom is 0.236 e. The van der Waals surface area contributed by atoms with Gasteiger partial charge in [-0.2, -0.15) is 4.89 Å². The molecular weight excluding hydrogens is 108 g/mol. The van der Waals surface area contributed by atoms with Gasteiger partial charge < -0.3 is 0 Å². The Labute approximate surface area is 47.1 Å². The van der Waals surface area contributed by atoms with Crippen LogP contribution >= 0.6 is 0 Å². The summed E-state index contributed by atoms with van der Waals surface area (Å²) in [5, 5.41) is 10.8. The highest BCUT2D eigenvalue weighted by molar-refractivity contribution is 5.58. The molecule has 1 unspecified atom stereocenters. The second kappa shape index (κ2) is 2.76. The smallest absolute Gasteiger partial charge is 0.236 e. The van der Waals surface area contributed by atoms with Gasteiger partial charge in [0.1, 0.15) is 0 Å². The van der Waals surface area contributed by atoms with E-state index in [0.29, 0.717) is 0 Å². The standard InChI is InChI=1S/C4H8N2O2/c7-8-4-5-2-1-3-6-4/h2,4,6-7H,1,3H2. The summed E-state index contributed by atoms with van der Waals surface area (Å²) in [7, 11) is 0. The lowest BCUT2D eigenvalue weighted by atomic mass is 10.4. The summed E-state index contributed by atoms with van der Waals surface area (Å²) >= 11 is 0. The Morgan fingerprint density at radius 1 is 1.88 bits per heavy atom. The molecule has 0 fully saturated rings. The largest absolute Gasteiger partial charge is 0.270 e. The first-order valence-corrected chi connectivity index (χ1v) is 2.49. The first kappa shape index (κ1) is 5.68. The van der Waals surface area contributed by atoms with Crippen molar-refractivity contribution in [2.45, 2.75) is 12.8 Å². The van der Waals surface area contributed by atoms with E-state index in [0.717, 1.165) is 13.0 Å². The van der Waals surface area contributed by atoms with Crippen LogP contribution in [0.5, 0.6) is 0 Å². The average molecular weight is 116 g/mol. The molecule has 4 nitrogen and oxygen atoms in total. The predicted molar refractivity (Wildman–Crippen MR) is 28.6 cm³/mol. The molecule has 1 aliphatic rings. The van der Waals surface area contributed by atoms with Gasteiger partial charge in [-0.25, -0.2) is 10.2 Å². The molecule has 0 aliphatic carbocycles. The quantitative estimate of drug-likeness (QED) is 0.369. The first-order chi connectivity index (χ1) is 3.93. The van der Waals surface area contributed by atoms with Crippen molar-refractivity contribution in [3.63, 3.8) is 0 Å². The van der Waals surface area contributed by atoms with Crippen molar-refractivity contribution < 1.29 is 10.1 Å². The Morgan fingerprint density at radius 3 is 3.12 bits per heavy atom. The van der Waals surface area contributed by atoms with Crippen LogP contribution in [0.2, 0.25) is 0 Å². The van der Waals surface area contributed by atoms with Crippen molar-refractivity contribution in [1.29, 1.82) is 0 Å². The Kier molecular flexibility index (Phi) is 1.96. The summed E-state index contributed by atoms with van der Waals surface area (Å²) in [4.78, 5) is 7.62. The summed E-state index contributed by atoms with van der Waals surface area (Å²) in [5.74, 6) is 0. The molecular formula is C4H8N2O2. The molecule has 0 bridgehead atoms. The molecule has 0 saturated heterocycles. The molecule has 8 heavy (non-hydrogen) atoms. The van der Waals surface area contributed by atoms with Crippen LogP contribution in [0.1, 0.15) is 6.42 Å². The zero-order valence-electron chi connectivity index (χ0n) is 4.37. The number of nitrogens with zero attached hydrogens (tertiary/aromatic N) is 1. The van der Waals surface area contributed by atoms with E-state index in [1.807, 2.05) is 0 Å². The minimum absolute atomic E-state index is 0.538. The Morgan fingerprint density at radius 2 is 2.75 bits per heavy atom. The number of nitrogens with one attached hydrogen (secondary N) is 1. The number of hydrogen-bond acceptors (Lipinski definition) is 4. The van der Waals surface area contributed by atoms with Crippen molar-refractivity contribution in [3.8, 4) is 0 Å². The topological polar surface area (TPSA) is 53.9 Å². The average Bonchev–Trinajstić information content (AvgIpc) is 1.90. The van der Waals surface area contributed by atoms with Gasteiger partial charge in [0.2, 0.25) is 6.35 Å². The van der Waals surface area contributed by atoms with E-state index < -0.39 is 6.35 Å². The molecule has 4 heteroatoms. The molecule has 0 radical (unpaired) electrons. The van der Waals surface area contributed by atoms with Gasteiger partial charge in [-0.1, -0.05) is 0 Å². The van der Waals surface area contributed by atoms with Crippen LogP contribution in [0, 0.1) is 0 Å². The molecule has 1 atom stereocenters. The fourth-order valence-corrected chi connectivity index (χ4v) is 0.559. The number of aliphatic imine (C=N–C) groups is 1. The minimum Gasteiger partial charge on any atom is -0.270 e. The fraction of sp³-hybridized carbons (Fsp3) is 0.750. The van der Waals surface area contributed by atoms with Crippen molar-refractivity contribution in [2.75, 3.05) is 6.54 Å². The summed E-state index contributed by atoms with van der Waals surface area (Å²) in [5.41, 5.74) is 0. The molecule has 2 N–H and O–H groups in total. The van der Waals surface area contributed by atoms with Crippen LogP contribution in [0.15, 0.2) is 4.99 Å².